The SMILES string of the molecule is CN(Cc1cccc(F)c1)C(CN)c1ccc(Br)cc1Cl. The van der Waals surface area contributed by atoms with Gasteiger partial charge in [-0.1, -0.05) is 45.7 Å². The first-order valence-corrected chi connectivity index (χ1v) is 7.78. The van der Waals surface area contributed by atoms with Gasteiger partial charge in [0.25, 0.3) is 0 Å². The molecular weight excluding hydrogens is 355 g/mol. The highest BCUT2D eigenvalue weighted by Gasteiger charge is 2.18. The third-order valence-electron chi connectivity index (χ3n) is 3.40. The molecule has 0 amide bonds. The maximum absolute atomic E-state index is 13.3. The largest absolute Gasteiger partial charge is 0.329 e. The molecule has 112 valence electrons. The van der Waals surface area contributed by atoms with Crippen molar-refractivity contribution >= 4 is 27.5 Å². The van der Waals surface area contributed by atoms with E-state index in [4.69, 9.17) is 17.3 Å². The van der Waals surface area contributed by atoms with Crippen LogP contribution in [0.1, 0.15) is 17.2 Å². The summed E-state index contributed by atoms with van der Waals surface area (Å²) in [4.78, 5) is 2.07. The first-order chi connectivity index (χ1) is 10.0. The van der Waals surface area contributed by atoms with Crippen molar-refractivity contribution in [3.05, 3.63) is 68.9 Å². The summed E-state index contributed by atoms with van der Waals surface area (Å²) in [6.45, 7) is 1.04. The van der Waals surface area contributed by atoms with Crippen molar-refractivity contribution in [2.24, 2.45) is 5.73 Å². The predicted octanol–water partition coefficient (Wildman–Crippen LogP) is 4.37. The summed E-state index contributed by atoms with van der Waals surface area (Å²) in [5, 5.41) is 0.672. The van der Waals surface area contributed by atoms with Crippen molar-refractivity contribution in [3.8, 4) is 0 Å². The number of halogens is 3. The Kier molecular flexibility index (Phi) is 5.76. The van der Waals surface area contributed by atoms with Crippen molar-refractivity contribution in [1.29, 1.82) is 0 Å². The van der Waals surface area contributed by atoms with E-state index in [2.05, 4.69) is 20.8 Å². The Morgan fingerprint density at radius 3 is 2.67 bits per heavy atom. The summed E-state index contributed by atoms with van der Waals surface area (Å²) in [6, 6.07) is 12.3. The number of rotatable bonds is 5. The van der Waals surface area contributed by atoms with Gasteiger partial charge in [-0.2, -0.15) is 0 Å². The van der Waals surface area contributed by atoms with E-state index >= 15 is 0 Å². The summed E-state index contributed by atoms with van der Waals surface area (Å²) in [5.41, 5.74) is 7.79. The van der Waals surface area contributed by atoms with E-state index in [0.717, 1.165) is 15.6 Å². The number of nitrogens with two attached hydrogens (primary N) is 1. The van der Waals surface area contributed by atoms with E-state index in [1.54, 1.807) is 6.07 Å². The Hall–Kier alpha value is -0.940. The number of benzene rings is 2. The van der Waals surface area contributed by atoms with Gasteiger partial charge in [-0.05, 0) is 42.4 Å². The molecule has 0 bridgehead atoms. The smallest absolute Gasteiger partial charge is 0.123 e. The van der Waals surface area contributed by atoms with Gasteiger partial charge in [0.2, 0.25) is 0 Å². The van der Waals surface area contributed by atoms with Crippen LogP contribution < -0.4 is 5.73 Å². The molecule has 2 rings (SSSR count). The average Bonchev–Trinajstić information content (AvgIpc) is 2.42. The molecule has 0 radical (unpaired) electrons. The lowest BCUT2D eigenvalue weighted by atomic mass is 10.0. The van der Waals surface area contributed by atoms with E-state index in [-0.39, 0.29) is 11.9 Å². The standard InChI is InChI=1S/C16H17BrClFN2/c1-21(10-11-3-2-4-13(19)7-11)16(9-20)14-6-5-12(17)8-15(14)18/h2-8,16H,9-10,20H2,1H3. The summed E-state index contributed by atoms with van der Waals surface area (Å²) in [7, 11) is 1.96. The van der Waals surface area contributed by atoms with Crippen LogP contribution in [0.15, 0.2) is 46.9 Å². The fraction of sp³-hybridized carbons (Fsp3) is 0.250. The third kappa shape index (κ3) is 4.27. The van der Waals surface area contributed by atoms with E-state index in [1.165, 1.54) is 12.1 Å². The van der Waals surface area contributed by atoms with Gasteiger partial charge in [0, 0.05) is 28.6 Å². The van der Waals surface area contributed by atoms with E-state index in [9.17, 15) is 4.39 Å². The lowest BCUT2D eigenvalue weighted by Gasteiger charge is -2.28. The highest BCUT2D eigenvalue weighted by molar-refractivity contribution is 9.10. The molecule has 0 heterocycles. The van der Waals surface area contributed by atoms with E-state index < -0.39 is 0 Å². The third-order valence-corrected chi connectivity index (χ3v) is 4.22. The Bertz CT molecular complexity index is 621. The highest BCUT2D eigenvalue weighted by Crippen LogP contribution is 2.29. The maximum atomic E-state index is 13.3. The molecule has 0 aliphatic carbocycles. The monoisotopic (exact) mass is 370 g/mol. The normalized spacial score (nSPS) is 12.7. The lowest BCUT2D eigenvalue weighted by molar-refractivity contribution is 0.241. The van der Waals surface area contributed by atoms with E-state index in [1.807, 2.05) is 31.3 Å². The van der Waals surface area contributed by atoms with Crippen molar-refractivity contribution in [2.45, 2.75) is 12.6 Å². The predicted molar refractivity (Wildman–Crippen MR) is 88.8 cm³/mol. The molecule has 5 heteroatoms. The van der Waals surface area contributed by atoms with Crippen LogP contribution >= 0.6 is 27.5 Å². The van der Waals surface area contributed by atoms with Crippen molar-refractivity contribution in [1.82, 2.24) is 4.90 Å². The average molecular weight is 372 g/mol. The van der Waals surface area contributed by atoms with Gasteiger partial charge >= 0.3 is 0 Å². The van der Waals surface area contributed by atoms with Crippen LogP contribution in [0.5, 0.6) is 0 Å². The zero-order valence-electron chi connectivity index (χ0n) is 11.7. The second-order valence-corrected chi connectivity index (χ2v) is 6.29. The molecule has 0 saturated heterocycles. The molecule has 0 saturated carbocycles. The Labute approximate surface area is 137 Å². The van der Waals surface area contributed by atoms with Crippen LogP contribution in [0.3, 0.4) is 0 Å². The molecular formula is C16H17BrClFN2. The minimum Gasteiger partial charge on any atom is -0.329 e. The van der Waals surface area contributed by atoms with Gasteiger partial charge in [0.1, 0.15) is 5.82 Å². The number of hydrogen-bond acceptors (Lipinski definition) is 2. The van der Waals surface area contributed by atoms with Crippen molar-refractivity contribution in [2.75, 3.05) is 13.6 Å². The van der Waals surface area contributed by atoms with Gasteiger partial charge in [0.05, 0.1) is 0 Å². The Balaban J connectivity index is 2.20. The quantitative estimate of drug-likeness (QED) is 0.845. The molecule has 0 spiro atoms. The topological polar surface area (TPSA) is 29.3 Å². The lowest BCUT2D eigenvalue weighted by Crippen LogP contribution is -2.30. The molecule has 2 aromatic carbocycles. The minimum absolute atomic E-state index is 0.0196. The molecule has 0 aliphatic heterocycles. The second kappa shape index (κ2) is 7.36. The molecule has 1 atom stereocenters. The highest BCUT2D eigenvalue weighted by atomic mass is 79.9. The van der Waals surface area contributed by atoms with Gasteiger partial charge in [0.15, 0.2) is 0 Å². The van der Waals surface area contributed by atoms with Crippen LogP contribution in [0.4, 0.5) is 4.39 Å². The van der Waals surface area contributed by atoms with Crippen LogP contribution in [-0.4, -0.2) is 18.5 Å². The van der Waals surface area contributed by atoms with Crippen molar-refractivity contribution in [3.63, 3.8) is 0 Å². The van der Waals surface area contributed by atoms with Crippen LogP contribution in [0, 0.1) is 5.82 Å². The molecule has 0 aromatic heterocycles. The first-order valence-electron chi connectivity index (χ1n) is 6.61. The van der Waals surface area contributed by atoms with Crippen molar-refractivity contribution < 1.29 is 4.39 Å². The zero-order chi connectivity index (χ0) is 15.4. The number of hydrogen-bond donors (Lipinski definition) is 1. The van der Waals surface area contributed by atoms with Crippen LogP contribution in [0.2, 0.25) is 5.02 Å². The molecule has 0 aliphatic rings. The minimum atomic E-state index is -0.230. The Morgan fingerprint density at radius 2 is 2.05 bits per heavy atom. The molecule has 2 aromatic rings. The second-order valence-electron chi connectivity index (χ2n) is 4.96. The summed E-state index contributed by atoms with van der Waals surface area (Å²) >= 11 is 9.70. The van der Waals surface area contributed by atoms with Gasteiger partial charge in [-0.15, -0.1) is 0 Å². The summed E-state index contributed by atoms with van der Waals surface area (Å²) in [5.74, 6) is -0.230. The molecule has 0 fully saturated rings. The van der Waals surface area contributed by atoms with Crippen LogP contribution in [0.25, 0.3) is 0 Å². The molecule has 2 nitrogen and oxygen atoms in total. The van der Waals surface area contributed by atoms with Gasteiger partial charge in [-0.3, -0.25) is 4.90 Å². The van der Waals surface area contributed by atoms with Crippen LogP contribution in [-0.2, 0) is 6.54 Å². The molecule has 21 heavy (non-hydrogen) atoms. The van der Waals surface area contributed by atoms with Gasteiger partial charge < -0.3 is 5.73 Å². The number of likely N-dealkylation sites (N-methyl/N-ethyl adjacent to an activating group) is 1. The molecule has 1 unspecified atom stereocenters. The number of nitrogens with zero attached hydrogens (tertiary/aromatic N) is 1. The zero-order valence-corrected chi connectivity index (χ0v) is 14.0. The summed E-state index contributed by atoms with van der Waals surface area (Å²) in [6.07, 6.45) is 0. The van der Waals surface area contributed by atoms with Gasteiger partial charge in [-0.25, -0.2) is 4.39 Å². The summed E-state index contributed by atoms with van der Waals surface area (Å²) < 4.78 is 14.2. The first kappa shape index (κ1) is 16.4. The van der Waals surface area contributed by atoms with E-state index in [0.29, 0.717) is 18.1 Å². The Morgan fingerprint density at radius 1 is 1.29 bits per heavy atom. The molecule has 2 N–H and O–H groups in total. The fourth-order valence-electron chi connectivity index (χ4n) is 2.35. The maximum Gasteiger partial charge on any atom is 0.123 e. The fourth-order valence-corrected chi connectivity index (χ4v) is 3.15.